The molecule has 2 aromatic rings. The summed E-state index contributed by atoms with van der Waals surface area (Å²) in [6.45, 7) is 3.66. The Labute approximate surface area is 119 Å². The minimum Gasteiger partial charge on any atom is -0.396 e. The lowest BCUT2D eigenvalue weighted by atomic mass is 9.96. The number of aliphatic hydroxyl groups excluding tert-OH is 1. The zero-order chi connectivity index (χ0) is 13.8. The molecule has 1 N–H and O–H groups in total. The maximum Gasteiger partial charge on any atom is 0.160 e. The van der Waals surface area contributed by atoms with Gasteiger partial charge in [0.1, 0.15) is 5.82 Å². The quantitative estimate of drug-likeness (QED) is 0.843. The molecule has 0 radical (unpaired) electrons. The van der Waals surface area contributed by atoms with Crippen LogP contribution in [0.25, 0.3) is 5.65 Å². The molecule has 2 aromatic heterocycles. The number of piperidine rings is 1. The molecule has 0 spiro atoms. The van der Waals surface area contributed by atoms with Crippen LogP contribution in [0.3, 0.4) is 0 Å². The van der Waals surface area contributed by atoms with Gasteiger partial charge in [-0.1, -0.05) is 6.07 Å². The van der Waals surface area contributed by atoms with E-state index in [9.17, 15) is 0 Å². The van der Waals surface area contributed by atoms with Gasteiger partial charge in [-0.3, -0.25) is 4.40 Å². The van der Waals surface area contributed by atoms with Crippen molar-refractivity contribution in [3.8, 4) is 0 Å². The Morgan fingerprint density at radius 3 is 2.80 bits per heavy atom. The second kappa shape index (κ2) is 6.33. The highest BCUT2D eigenvalue weighted by molar-refractivity contribution is 5.37. The van der Waals surface area contributed by atoms with Crippen molar-refractivity contribution in [2.45, 2.75) is 31.6 Å². The fourth-order valence-electron chi connectivity index (χ4n) is 3.00. The molecular weight excluding hydrogens is 252 g/mol. The second-order valence-corrected chi connectivity index (χ2v) is 5.53. The maximum absolute atomic E-state index is 8.83. The predicted molar refractivity (Wildman–Crippen MR) is 77.7 cm³/mol. The van der Waals surface area contributed by atoms with Crippen molar-refractivity contribution in [2.24, 2.45) is 0 Å². The summed E-state index contributed by atoms with van der Waals surface area (Å²) in [4.78, 5) is 2.50. The number of nitrogens with zero attached hydrogens (tertiary/aromatic N) is 4. The van der Waals surface area contributed by atoms with Crippen molar-refractivity contribution in [3.05, 3.63) is 30.2 Å². The summed E-state index contributed by atoms with van der Waals surface area (Å²) >= 11 is 0. The average molecular weight is 274 g/mol. The molecule has 0 bridgehead atoms. The largest absolute Gasteiger partial charge is 0.396 e. The topological polar surface area (TPSA) is 53.7 Å². The number of aromatic nitrogens is 3. The smallest absolute Gasteiger partial charge is 0.160 e. The van der Waals surface area contributed by atoms with E-state index in [0.29, 0.717) is 12.5 Å². The molecule has 108 valence electrons. The van der Waals surface area contributed by atoms with Gasteiger partial charge in [0.15, 0.2) is 5.65 Å². The Morgan fingerprint density at radius 2 is 2.00 bits per heavy atom. The third kappa shape index (κ3) is 2.83. The van der Waals surface area contributed by atoms with Gasteiger partial charge in [-0.25, -0.2) is 0 Å². The number of fused-ring (bicyclic) bond motifs is 1. The highest BCUT2D eigenvalue weighted by atomic mass is 16.2. The molecule has 0 amide bonds. The summed E-state index contributed by atoms with van der Waals surface area (Å²) in [5, 5.41) is 17.5. The van der Waals surface area contributed by atoms with Crippen molar-refractivity contribution in [1.29, 1.82) is 0 Å². The fourth-order valence-corrected chi connectivity index (χ4v) is 3.00. The third-order valence-electron chi connectivity index (χ3n) is 4.18. The van der Waals surface area contributed by atoms with Crippen LogP contribution in [0.2, 0.25) is 0 Å². The first-order chi connectivity index (χ1) is 9.88. The van der Waals surface area contributed by atoms with Crippen LogP contribution in [-0.2, 0) is 0 Å². The van der Waals surface area contributed by atoms with E-state index >= 15 is 0 Å². The van der Waals surface area contributed by atoms with Gasteiger partial charge in [0.2, 0.25) is 0 Å². The standard InChI is InChI=1S/C15H22N4O/c20-12-4-3-8-18-10-6-13(7-11-18)15-17-16-14-5-1-2-9-19(14)15/h1-2,5,9,13,20H,3-4,6-8,10-12H2. The van der Waals surface area contributed by atoms with Crippen LogP contribution in [-0.4, -0.2) is 50.8 Å². The molecule has 1 fully saturated rings. The number of rotatable bonds is 5. The van der Waals surface area contributed by atoms with Crippen LogP contribution in [0.1, 0.15) is 37.4 Å². The molecule has 0 saturated carbocycles. The molecule has 1 aliphatic rings. The molecule has 0 atom stereocenters. The van der Waals surface area contributed by atoms with Gasteiger partial charge in [0.05, 0.1) is 0 Å². The van der Waals surface area contributed by atoms with E-state index in [1.165, 1.54) is 0 Å². The molecule has 3 heterocycles. The highest BCUT2D eigenvalue weighted by Gasteiger charge is 2.23. The van der Waals surface area contributed by atoms with Crippen molar-refractivity contribution in [2.75, 3.05) is 26.2 Å². The van der Waals surface area contributed by atoms with Crippen molar-refractivity contribution in [3.63, 3.8) is 0 Å². The number of hydrogen-bond donors (Lipinski definition) is 1. The minimum absolute atomic E-state index is 0.308. The first kappa shape index (κ1) is 13.5. The van der Waals surface area contributed by atoms with Gasteiger partial charge in [0.25, 0.3) is 0 Å². The Balaban J connectivity index is 1.60. The molecule has 1 aliphatic heterocycles. The molecule has 0 aliphatic carbocycles. The summed E-state index contributed by atoms with van der Waals surface area (Å²) < 4.78 is 2.12. The van der Waals surface area contributed by atoms with Crippen molar-refractivity contribution in [1.82, 2.24) is 19.5 Å². The molecule has 0 aromatic carbocycles. The van der Waals surface area contributed by atoms with E-state index in [4.69, 9.17) is 5.11 Å². The summed E-state index contributed by atoms with van der Waals surface area (Å²) in [6, 6.07) is 6.03. The lowest BCUT2D eigenvalue weighted by molar-refractivity contribution is 0.197. The lowest BCUT2D eigenvalue weighted by Crippen LogP contribution is -2.34. The highest BCUT2D eigenvalue weighted by Crippen LogP contribution is 2.27. The minimum atomic E-state index is 0.308. The summed E-state index contributed by atoms with van der Waals surface area (Å²) in [6.07, 6.45) is 6.35. The first-order valence-electron chi connectivity index (χ1n) is 7.51. The van der Waals surface area contributed by atoms with E-state index in [0.717, 1.165) is 56.8 Å². The van der Waals surface area contributed by atoms with Gasteiger partial charge in [-0.15, -0.1) is 10.2 Å². The van der Waals surface area contributed by atoms with Crippen molar-refractivity contribution < 1.29 is 5.11 Å². The fraction of sp³-hybridized carbons (Fsp3) is 0.600. The summed E-state index contributed by atoms with van der Waals surface area (Å²) in [5.41, 5.74) is 0.938. The zero-order valence-electron chi connectivity index (χ0n) is 11.8. The number of unbranched alkanes of at least 4 members (excludes halogenated alkanes) is 1. The number of aliphatic hydroxyl groups is 1. The van der Waals surface area contributed by atoms with E-state index in [2.05, 4.69) is 25.7 Å². The first-order valence-corrected chi connectivity index (χ1v) is 7.51. The van der Waals surface area contributed by atoms with Crippen LogP contribution in [0, 0.1) is 0 Å². The summed E-state index contributed by atoms with van der Waals surface area (Å²) in [7, 11) is 0. The monoisotopic (exact) mass is 274 g/mol. The van der Waals surface area contributed by atoms with Gasteiger partial charge in [-0.2, -0.15) is 0 Å². The third-order valence-corrected chi connectivity index (χ3v) is 4.18. The van der Waals surface area contributed by atoms with Crippen LogP contribution >= 0.6 is 0 Å². The van der Waals surface area contributed by atoms with Crippen LogP contribution in [0.15, 0.2) is 24.4 Å². The lowest BCUT2D eigenvalue weighted by Gasteiger charge is -2.31. The molecule has 0 unspecified atom stereocenters. The SMILES string of the molecule is OCCCCN1CCC(c2nnc3ccccn23)CC1. The van der Waals surface area contributed by atoms with Gasteiger partial charge < -0.3 is 10.0 Å². The van der Waals surface area contributed by atoms with E-state index in [1.807, 2.05) is 18.2 Å². The Kier molecular flexibility index (Phi) is 4.28. The second-order valence-electron chi connectivity index (χ2n) is 5.53. The average Bonchev–Trinajstić information content (AvgIpc) is 2.92. The Bertz CT molecular complexity index is 546. The molecule has 3 rings (SSSR count). The maximum atomic E-state index is 8.83. The molecular formula is C15H22N4O. The molecule has 1 saturated heterocycles. The van der Waals surface area contributed by atoms with E-state index in [-0.39, 0.29) is 0 Å². The van der Waals surface area contributed by atoms with E-state index < -0.39 is 0 Å². The van der Waals surface area contributed by atoms with Crippen LogP contribution < -0.4 is 0 Å². The summed E-state index contributed by atoms with van der Waals surface area (Å²) in [5.74, 6) is 1.62. The normalized spacial score (nSPS) is 17.9. The molecule has 5 nitrogen and oxygen atoms in total. The van der Waals surface area contributed by atoms with Crippen LogP contribution in [0.4, 0.5) is 0 Å². The van der Waals surface area contributed by atoms with Gasteiger partial charge in [0, 0.05) is 18.7 Å². The number of pyridine rings is 1. The Hall–Kier alpha value is -1.46. The van der Waals surface area contributed by atoms with E-state index in [1.54, 1.807) is 0 Å². The molecule has 5 heteroatoms. The number of hydrogen-bond acceptors (Lipinski definition) is 4. The zero-order valence-corrected chi connectivity index (χ0v) is 11.8. The predicted octanol–water partition coefficient (Wildman–Crippen LogP) is 1.68. The van der Waals surface area contributed by atoms with Gasteiger partial charge in [-0.05, 0) is 57.5 Å². The molecule has 20 heavy (non-hydrogen) atoms. The van der Waals surface area contributed by atoms with Gasteiger partial charge >= 0.3 is 0 Å². The van der Waals surface area contributed by atoms with Crippen LogP contribution in [0.5, 0.6) is 0 Å². The Morgan fingerprint density at radius 1 is 1.15 bits per heavy atom. The van der Waals surface area contributed by atoms with Crippen molar-refractivity contribution >= 4 is 5.65 Å². The number of likely N-dealkylation sites (tertiary alicyclic amines) is 1.